The van der Waals surface area contributed by atoms with Gasteiger partial charge >= 0.3 is 0 Å². The van der Waals surface area contributed by atoms with E-state index in [-0.39, 0.29) is 24.2 Å². The molecule has 110 valence electrons. The highest BCUT2D eigenvalue weighted by atomic mass is 16.6. The van der Waals surface area contributed by atoms with Gasteiger partial charge in [-0.1, -0.05) is 12.1 Å². The van der Waals surface area contributed by atoms with Crippen molar-refractivity contribution in [2.45, 2.75) is 0 Å². The zero-order chi connectivity index (χ0) is 15.7. The second-order valence-electron chi connectivity index (χ2n) is 4.58. The largest absolute Gasteiger partial charge is 0.352 e. The lowest BCUT2D eigenvalue weighted by Gasteiger charge is -2.14. The Morgan fingerprint density at radius 1 is 1.09 bits per heavy atom. The summed E-state index contributed by atoms with van der Waals surface area (Å²) in [6.07, 6.45) is 1.10. The van der Waals surface area contributed by atoms with E-state index < -0.39 is 4.92 Å². The molecule has 0 saturated carbocycles. The third kappa shape index (κ3) is 2.26. The van der Waals surface area contributed by atoms with E-state index >= 15 is 0 Å². The summed E-state index contributed by atoms with van der Waals surface area (Å²) in [5.74, 6) is -0.424. The van der Waals surface area contributed by atoms with E-state index in [2.05, 4.69) is 10.3 Å². The maximum Gasteiger partial charge on any atom is 0.287 e. The number of imide groups is 1. The van der Waals surface area contributed by atoms with Crippen molar-refractivity contribution >= 4 is 23.3 Å². The standard InChI is InChI=1S/C14H10N4O4/c19-13-10-3-1-2-4-11(10)14(20)17(13)8-16-12-6-5-9(7-15-12)18(21)22/h1-7H,8H2,(H,15,16). The Labute approximate surface area is 124 Å². The number of pyridine rings is 1. The summed E-state index contributed by atoms with van der Waals surface area (Å²) >= 11 is 0. The Morgan fingerprint density at radius 2 is 1.73 bits per heavy atom. The van der Waals surface area contributed by atoms with Crippen LogP contribution in [-0.4, -0.2) is 33.3 Å². The van der Waals surface area contributed by atoms with Crippen LogP contribution in [0, 0.1) is 10.1 Å². The number of nitro groups is 1. The first-order chi connectivity index (χ1) is 10.6. The molecule has 0 unspecified atom stereocenters. The minimum atomic E-state index is -0.555. The summed E-state index contributed by atoms with van der Waals surface area (Å²) in [4.78, 5) is 39.2. The lowest BCUT2D eigenvalue weighted by molar-refractivity contribution is -0.385. The van der Waals surface area contributed by atoms with Gasteiger partial charge < -0.3 is 5.32 Å². The van der Waals surface area contributed by atoms with Crippen molar-refractivity contribution in [3.05, 3.63) is 63.8 Å². The van der Waals surface area contributed by atoms with Crippen LogP contribution in [0.15, 0.2) is 42.6 Å². The fourth-order valence-electron chi connectivity index (χ4n) is 2.14. The molecule has 2 heterocycles. The molecule has 0 fully saturated rings. The van der Waals surface area contributed by atoms with Crippen LogP contribution < -0.4 is 5.32 Å². The summed E-state index contributed by atoms with van der Waals surface area (Å²) in [7, 11) is 0. The van der Waals surface area contributed by atoms with Gasteiger partial charge in [-0.3, -0.25) is 24.6 Å². The van der Waals surface area contributed by atoms with Gasteiger partial charge in [0.2, 0.25) is 0 Å². The molecule has 3 rings (SSSR count). The normalized spacial score (nSPS) is 13.2. The second-order valence-corrected chi connectivity index (χ2v) is 4.58. The summed E-state index contributed by atoms with van der Waals surface area (Å²) in [6, 6.07) is 9.28. The Bertz CT molecular complexity index is 738. The van der Waals surface area contributed by atoms with E-state index in [1.54, 1.807) is 24.3 Å². The number of amides is 2. The van der Waals surface area contributed by atoms with Gasteiger partial charge in [0.1, 0.15) is 12.0 Å². The molecule has 0 bridgehead atoms. The predicted octanol–water partition coefficient (Wildman–Crippen LogP) is 1.66. The van der Waals surface area contributed by atoms with E-state index in [9.17, 15) is 19.7 Å². The van der Waals surface area contributed by atoms with Gasteiger partial charge in [-0.25, -0.2) is 4.98 Å². The molecule has 0 radical (unpaired) electrons. The highest BCUT2D eigenvalue weighted by Gasteiger charge is 2.34. The van der Waals surface area contributed by atoms with Gasteiger partial charge in [0.25, 0.3) is 17.5 Å². The Balaban J connectivity index is 1.71. The van der Waals surface area contributed by atoms with Gasteiger partial charge in [-0.2, -0.15) is 0 Å². The molecule has 8 nitrogen and oxygen atoms in total. The second kappa shape index (κ2) is 5.24. The first-order valence-corrected chi connectivity index (χ1v) is 6.37. The maximum absolute atomic E-state index is 12.1. The number of benzene rings is 1. The molecular formula is C14H10N4O4. The lowest BCUT2D eigenvalue weighted by atomic mass is 10.1. The van der Waals surface area contributed by atoms with Gasteiger partial charge in [-0.05, 0) is 18.2 Å². The molecular weight excluding hydrogens is 288 g/mol. The molecule has 1 N–H and O–H groups in total. The number of carbonyl (C=O) groups excluding carboxylic acids is 2. The number of fused-ring (bicyclic) bond motifs is 1. The smallest absolute Gasteiger partial charge is 0.287 e. The van der Waals surface area contributed by atoms with Crippen molar-refractivity contribution in [3.8, 4) is 0 Å². The zero-order valence-electron chi connectivity index (χ0n) is 11.2. The highest BCUT2D eigenvalue weighted by molar-refractivity contribution is 6.21. The molecule has 1 aliphatic heterocycles. The van der Waals surface area contributed by atoms with Crippen LogP contribution in [0.1, 0.15) is 20.7 Å². The van der Waals surface area contributed by atoms with Crippen LogP contribution in [0.5, 0.6) is 0 Å². The number of carbonyl (C=O) groups is 2. The number of hydrogen-bond donors (Lipinski definition) is 1. The summed E-state index contributed by atoms with van der Waals surface area (Å²) < 4.78 is 0. The number of nitrogens with zero attached hydrogens (tertiary/aromatic N) is 3. The zero-order valence-corrected chi connectivity index (χ0v) is 11.2. The molecule has 8 heteroatoms. The van der Waals surface area contributed by atoms with E-state index in [1.165, 1.54) is 12.1 Å². The summed E-state index contributed by atoms with van der Waals surface area (Å²) in [5, 5.41) is 13.3. The molecule has 1 aromatic carbocycles. The molecule has 1 aromatic heterocycles. The SMILES string of the molecule is O=C1c2ccccc2C(=O)N1CNc1ccc([N+](=O)[O-])cn1. The third-order valence-corrected chi connectivity index (χ3v) is 3.26. The molecule has 22 heavy (non-hydrogen) atoms. The van der Waals surface area contributed by atoms with E-state index in [0.29, 0.717) is 16.9 Å². The fourth-order valence-corrected chi connectivity index (χ4v) is 2.14. The number of anilines is 1. The number of rotatable bonds is 4. The molecule has 0 aliphatic carbocycles. The monoisotopic (exact) mass is 298 g/mol. The van der Waals surface area contributed by atoms with E-state index in [0.717, 1.165) is 11.1 Å². The van der Waals surface area contributed by atoms with Crippen LogP contribution in [0.2, 0.25) is 0 Å². The first kappa shape index (κ1) is 13.7. The number of nitrogens with one attached hydrogen (secondary N) is 1. The summed E-state index contributed by atoms with van der Waals surface area (Å²) in [5.41, 5.74) is 0.600. The van der Waals surface area contributed by atoms with E-state index in [1.807, 2.05) is 0 Å². The van der Waals surface area contributed by atoms with Crippen molar-refractivity contribution in [1.82, 2.24) is 9.88 Å². The first-order valence-electron chi connectivity index (χ1n) is 6.37. The highest BCUT2D eigenvalue weighted by Crippen LogP contribution is 2.22. The minimum Gasteiger partial charge on any atom is -0.352 e. The van der Waals surface area contributed by atoms with E-state index in [4.69, 9.17) is 0 Å². The van der Waals surface area contributed by atoms with Crippen LogP contribution >= 0.6 is 0 Å². The van der Waals surface area contributed by atoms with Gasteiger partial charge in [-0.15, -0.1) is 0 Å². The summed E-state index contributed by atoms with van der Waals surface area (Å²) in [6.45, 7) is -0.0584. The minimum absolute atomic E-state index is 0.0584. The average molecular weight is 298 g/mol. The van der Waals surface area contributed by atoms with Crippen molar-refractivity contribution in [3.63, 3.8) is 0 Å². The number of aromatic nitrogens is 1. The van der Waals surface area contributed by atoms with Gasteiger partial charge in [0.05, 0.1) is 22.7 Å². The maximum atomic E-state index is 12.1. The van der Waals surface area contributed by atoms with Crippen molar-refractivity contribution in [1.29, 1.82) is 0 Å². The molecule has 0 spiro atoms. The molecule has 1 aliphatic rings. The average Bonchev–Trinajstić information content (AvgIpc) is 2.78. The predicted molar refractivity (Wildman–Crippen MR) is 76.3 cm³/mol. The van der Waals surface area contributed by atoms with Crippen LogP contribution in [0.3, 0.4) is 0 Å². The Kier molecular flexibility index (Phi) is 3.26. The third-order valence-electron chi connectivity index (χ3n) is 3.26. The van der Waals surface area contributed by atoms with Gasteiger partial charge in [0.15, 0.2) is 0 Å². The molecule has 2 aromatic rings. The van der Waals surface area contributed by atoms with Gasteiger partial charge in [0, 0.05) is 6.07 Å². The van der Waals surface area contributed by atoms with Crippen LogP contribution in [-0.2, 0) is 0 Å². The molecule has 0 saturated heterocycles. The Hall–Kier alpha value is -3.29. The van der Waals surface area contributed by atoms with Crippen molar-refractivity contribution < 1.29 is 14.5 Å². The quantitative estimate of drug-likeness (QED) is 0.522. The van der Waals surface area contributed by atoms with Crippen LogP contribution in [0.25, 0.3) is 0 Å². The fraction of sp³-hybridized carbons (Fsp3) is 0.0714. The number of hydrogen-bond acceptors (Lipinski definition) is 6. The molecule has 2 amide bonds. The molecule has 0 atom stereocenters. The van der Waals surface area contributed by atoms with Crippen molar-refractivity contribution in [2.75, 3.05) is 12.0 Å². The topological polar surface area (TPSA) is 105 Å². The van der Waals surface area contributed by atoms with Crippen molar-refractivity contribution in [2.24, 2.45) is 0 Å². The van der Waals surface area contributed by atoms with Crippen LogP contribution in [0.4, 0.5) is 11.5 Å². The Morgan fingerprint density at radius 3 is 2.23 bits per heavy atom. The lowest BCUT2D eigenvalue weighted by Crippen LogP contribution is -2.34.